The first-order chi connectivity index (χ1) is 10.1. The number of carbonyl (C=O) groups excluding carboxylic acids is 1. The van der Waals surface area contributed by atoms with Gasteiger partial charge < -0.3 is 5.32 Å². The van der Waals surface area contributed by atoms with Gasteiger partial charge in [-0.2, -0.15) is 0 Å². The number of hydrogen-bond acceptors (Lipinski definition) is 5. The van der Waals surface area contributed by atoms with E-state index >= 15 is 0 Å². The minimum absolute atomic E-state index is 0.0481. The van der Waals surface area contributed by atoms with Crippen LogP contribution in [0.4, 0.5) is 0 Å². The summed E-state index contributed by atoms with van der Waals surface area (Å²) in [5.74, 6) is 0.505. The van der Waals surface area contributed by atoms with Crippen molar-refractivity contribution in [3.8, 4) is 0 Å². The zero-order valence-electron chi connectivity index (χ0n) is 13.1. The minimum Gasteiger partial charge on any atom is -0.355 e. The van der Waals surface area contributed by atoms with Crippen LogP contribution in [0.15, 0.2) is 5.16 Å². The third-order valence-corrected chi connectivity index (χ3v) is 4.77. The van der Waals surface area contributed by atoms with Crippen LogP contribution < -0.4 is 5.32 Å². The van der Waals surface area contributed by atoms with Crippen LogP contribution in [0.3, 0.4) is 0 Å². The average Bonchev–Trinajstić information content (AvgIpc) is 2.93. The van der Waals surface area contributed by atoms with Crippen molar-refractivity contribution in [2.24, 2.45) is 5.92 Å². The smallest absolute Gasteiger partial charge is 0.233 e. The van der Waals surface area contributed by atoms with Crippen LogP contribution in [-0.2, 0) is 4.79 Å². The number of nitrogens with one attached hydrogen (secondary N) is 1. The highest BCUT2D eigenvalue weighted by atomic mass is 32.2. The van der Waals surface area contributed by atoms with Gasteiger partial charge in [-0.1, -0.05) is 44.9 Å². The van der Waals surface area contributed by atoms with Crippen molar-refractivity contribution in [2.75, 3.05) is 6.54 Å². The molecule has 0 spiro atoms. The molecule has 0 saturated heterocycles. The number of amides is 1. The molecular formula is C14H25N5OS. The normalized spacial score (nSPS) is 17.9. The van der Waals surface area contributed by atoms with Gasteiger partial charge in [0.05, 0.1) is 11.3 Å². The quantitative estimate of drug-likeness (QED) is 0.817. The third-order valence-electron chi connectivity index (χ3n) is 3.72. The third kappa shape index (κ3) is 4.69. The van der Waals surface area contributed by atoms with Gasteiger partial charge in [0.15, 0.2) is 0 Å². The first kappa shape index (κ1) is 16.3. The standard InChI is InChI=1S/C14H25N5OS/c1-10(2)9-15-13(20)11(3)21-14-16-17-18-19(14)12-7-5-4-6-8-12/h10-12H,4-9H2,1-3H3,(H,15,20). The summed E-state index contributed by atoms with van der Waals surface area (Å²) in [6, 6.07) is 0.391. The summed E-state index contributed by atoms with van der Waals surface area (Å²) < 4.78 is 1.91. The van der Waals surface area contributed by atoms with E-state index < -0.39 is 0 Å². The van der Waals surface area contributed by atoms with Crippen LogP contribution in [-0.4, -0.2) is 37.9 Å². The molecular weight excluding hydrogens is 286 g/mol. The molecule has 1 fully saturated rings. The van der Waals surface area contributed by atoms with E-state index in [0.717, 1.165) is 18.0 Å². The largest absolute Gasteiger partial charge is 0.355 e. The molecule has 0 radical (unpaired) electrons. The Balaban J connectivity index is 1.93. The molecule has 1 atom stereocenters. The lowest BCUT2D eigenvalue weighted by Crippen LogP contribution is -2.33. The Kier molecular flexibility index (Phi) is 6.02. The molecule has 2 rings (SSSR count). The number of thioether (sulfide) groups is 1. The van der Waals surface area contributed by atoms with E-state index in [1.807, 2.05) is 11.6 Å². The van der Waals surface area contributed by atoms with Crippen LogP contribution in [0.1, 0.15) is 58.9 Å². The second-order valence-corrected chi connectivity index (χ2v) is 7.40. The molecule has 0 aliphatic heterocycles. The maximum atomic E-state index is 12.1. The molecule has 1 heterocycles. The molecule has 1 unspecified atom stereocenters. The molecule has 21 heavy (non-hydrogen) atoms. The number of carbonyl (C=O) groups is 1. The van der Waals surface area contributed by atoms with Crippen molar-refractivity contribution in [1.29, 1.82) is 0 Å². The number of hydrogen-bond donors (Lipinski definition) is 1. The molecule has 6 nitrogen and oxygen atoms in total. The highest BCUT2D eigenvalue weighted by Gasteiger charge is 2.23. The van der Waals surface area contributed by atoms with Gasteiger partial charge in [0, 0.05) is 6.54 Å². The summed E-state index contributed by atoms with van der Waals surface area (Å²) in [6.45, 7) is 6.78. The first-order valence-electron chi connectivity index (χ1n) is 7.80. The van der Waals surface area contributed by atoms with Gasteiger partial charge in [0.1, 0.15) is 0 Å². The Labute approximate surface area is 130 Å². The van der Waals surface area contributed by atoms with Gasteiger partial charge >= 0.3 is 0 Å². The monoisotopic (exact) mass is 311 g/mol. The highest BCUT2D eigenvalue weighted by molar-refractivity contribution is 8.00. The number of aromatic nitrogens is 4. The molecule has 1 N–H and O–H groups in total. The van der Waals surface area contributed by atoms with Crippen LogP contribution in [0.5, 0.6) is 0 Å². The van der Waals surface area contributed by atoms with Crippen LogP contribution >= 0.6 is 11.8 Å². The molecule has 118 valence electrons. The molecule has 7 heteroatoms. The molecule has 1 aliphatic rings. The Bertz CT molecular complexity index is 456. The van der Waals surface area contributed by atoms with Crippen molar-refractivity contribution in [3.05, 3.63) is 0 Å². The molecule has 1 aromatic heterocycles. The summed E-state index contributed by atoms with van der Waals surface area (Å²) in [5, 5.41) is 15.5. The minimum atomic E-state index is -0.183. The zero-order valence-corrected chi connectivity index (χ0v) is 13.9. The lowest BCUT2D eigenvalue weighted by molar-refractivity contribution is -0.120. The molecule has 1 saturated carbocycles. The Morgan fingerprint density at radius 3 is 2.71 bits per heavy atom. The van der Waals surface area contributed by atoms with Gasteiger partial charge in [-0.15, -0.1) is 5.10 Å². The van der Waals surface area contributed by atoms with Crippen LogP contribution in [0, 0.1) is 5.92 Å². The van der Waals surface area contributed by atoms with Crippen molar-refractivity contribution in [1.82, 2.24) is 25.5 Å². The Hall–Kier alpha value is -1.11. The van der Waals surface area contributed by atoms with Crippen molar-refractivity contribution >= 4 is 17.7 Å². The highest BCUT2D eigenvalue weighted by Crippen LogP contribution is 2.31. The predicted molar refractivity (Wildman–Crippen MR) is 83.1 cm³/mol. The maximum Gasteiger partial charge on any atom is 0.233 e. The van der Waals surface area contributed by atoms with E-state index in [1.165, 1.54) is 31.0 Å². The van der Waals surface area contributed by atoms with E-state index in [-0.39, 0.29) is 11.2 Å². The predicted octanol–water partition coefficient (Wildman–Crippen LogP) is 2.43. The van der Waals surface area contributed by atoms with Crippen LogP contribution in [0.2, 0.25) is 0 Å². The summed E-state index contributed by atoms with van der Waals surface area (Å²) in [7, 11) is 0. The first-order valence-corrected chi connectivity index (χ1v) is 8.68. The number of rotatable bonds is 6. The van der Waals surface area contributed by atoms with Crippen molar-refractivity contribution in [2.45, 2.75) is 69.3 Å². The van der Waals surface area contributed by atoms with E-state index in [0.29, 0.717) is 18.5 Å². The van der Waals surface area contributed by atoms with Gasteiger partial charge in [-0.3, -0.25) is 4.79 Å². The SMILES string of the molecule is CC(C)CNC(=O)C(C)Sc1nnnn1C1CCCCC1. The number of nitrogens with zero attached hydrogens (tertiary/aromatic N) is 4. The van der Waals surface area contributed by atoms with Crippen LogP contribution in [0.25, 0.3) is 0 Å². The second kappa shape index (κ2) is 7.77. The summed E-state index contributed by atoms with van der Waals surface area (Å²) >= 11 is 1.45. The topological polar surface area (TPSA) is 72.7 Å². The van der Waals surface area contributed by atoms with Crippen molar-refractivity contribution in [3.63, 3.8) is 0 Å². The van der Waals surface area contributed by atoms with E-state index in [1.54, 1.807) is 0 Å². The molecule has 1 aromatic rings. The van der Waals surface area contributed by atoms with Gasteiger partial charge in [-0.05, 0) is 36.1 Å². The van der Waals surface area contributed by atoms with Gasteiger partial charge in [0.25, 0.3) is 0 Å². The van der Waals surface area contributed by atoms with E-state index in [4.69, 9.17) is 0 Å². The Morgan fingerprint density at radius 1 is 1.33 bits per heavy atom. The fraction of sp³-hybridized carbons (Fsp3) is 0.857. The summed E-state index contributed by atoms with van der Waals surface area (Å²) in [6.07, 6.45) is 6.03. The molecule has 0 aromatic carbocycles. The fourth-order valence-electron chi connectivity index (χ4n) is 2.48. The molecule has 1 aliphatic carbocycles. The summed E-state index contributed by atoms with van der Waals surface area (Å²) in [4.78, 5) is 12.1. The van der Waals surface area contributed by atoms with Crippen molar-refractivity contribution < 1.29 is 4.79 Å². The fourth-order valence-corrected chi connectivity index (χ4v) is 3.36. The second-order valence-electron chi connectivity index (χ2n) is 6.10. The van der Waals surface area contributed by atoms with E-state index in [9.17, 15) is 4.79 Å². The number of tetrazole rings is 1. The lowest BCUT2D eigenvalue weighted by Gasteiger charge is -2.22. The lowest BCUT2D eigenvalue weighted by atomic mass is 9.96. The average molecular weight is 311 g/mol. The molecule has 1 amide bonds. The van der Waals surface area contributed by atoms with Gasteiger partial charge in [0.2, 0.25) is 11.1 Å². The molecule has 0 bridgehead atoms. The maximum absolute atomic E-state index is 12.1. The van der Waals surface area contributed by atoms with E-state index in [2.05, 4.69) is 34.7 Å². The van der Waals surface area contributed by atoms with Gasteiger partial charge in [-0.25, -0.2) is 4.68 Å². The zero-order chi connectivity index (χ0) is 15.2. The Morgan fingerprint density at radius 2 is 2.05 bits per heavy atom. The summed E-state index contributed by atoms with van der Waals surface area (Å²) in [5.41, 5.74) is 0.